The van der Waals surface area contributed by atoms with Gasteiger partial charge in [-0.15, -0.1) is 0 Å². The van der Waals surface area contributed by atoms with Gasteiger partial charge in [-0.25, -0.2) is 19.6 Å². The fourth-order valence-electron chi connectivity index (χ4n) is 1.23. The van der Waals surface area contributed by atoms with Crippen molar-refractivity contribution in [1.82, 2.24) is 20.3 Å². The Morgan fingerprint density at radius 2 is 2.38 bits per heavy atom. The van der Waals surface area contributed by atoms with E-state index in [0.717, 1.165) is 0 Å². The fraction of sp³-hybridized carbons (Fsp3) is 0.625. The highest BCUT2D eigenvalue weighted by molar-refractivity contribution is 5.77. The van der Waals surface area contributed by atoms with E-state index in [0.29, 0.717) is 19.6 Å². The number of hydrazone groups is 1. The molecular weight excluding hydrogens is 212 g/mol. The van der Waals surface area contributed by atoms with Crippen LogP contribution < -0.4 is 11.2 Å². The molecule has 0 aromatic heterocycles. The van der Waals surface area contributed by atoms with Gasteiger partial charge in [-0.2, -0.15) is 5.10 Å². The second kappa shape index (κ2) is 5.31. The van der Waals surface area contributed by atoms with Gasteiger partial charge >= 0.3 is 12.1 Å². The van der Waals surface area contributed by atoms with Crippen LogP contribution in [0.25, 0.3) is 0 Å². The first-order chi connectivity index (χ1) is 7.50. The molecule has 16 heavy (non-hydrogen) atoms. The molecule has 0 aliphatic carbocycles. The minimum atomic E-state index is -0.632. The van der Waals surface area contributed by atoms with Crippen LogP contribution in [0.15, 0.2) is 5.10 Å². The maximum Gasteiger partial charge on any atom is 0.340 e. The van der Waals surface area contributed by atoms with Crippen molar-refractivity contribution in [2.45, 2.75) is 0 Å². The van der Waals surface area contributed by atoms with E-state index >= 15 is 0 Å². The van der Waals surface area contributed by atoms with Crippen LogP contribution in [0, 0.1) is 0 Å². The standard InChI is InChI=1S/C8H16N6O2/c1-12-5-6-14(8(12)16)10-3-4-13(2)11-7(9)15/h3H,4-6H2,1-2H3,(H3,9,11,15)/b10-3+. The molecule has 0 radical (unpaired) electrons. The SMILES string of the molecule is CN(C/C=N/N1CCN(C)C1=O)NC(N)=O. The van der Waals surface area contributed by atoms with Gasteiger partial charge in [0, 0.05) is 26.9 Å². The van der Waals surface area contributed by atoms with Crippen molar-refractivity contribution in [3.63, 3.8) is 0 Å². The molecule has 0 unspecified atom stereocenters. The maximum atomic E-state index is 11.4. The van der Waals surface area contributed by atoms with E-state index in [9.17, 15) is 9.59 Å². The average molecular weight is 228 g/mol. The second-order valence-electron chi connectivity index (χ2n) is 3.48. The van der Waals surface area contributed by atoms with Gasteiger partial charge in [0.2, 0.25) is 0 Å². The molecule has 0 aromatic rings. The van der Waals surface area contributed by atoms with Gasteiger partial charge in [-0.3, -0.25) is 5.43 Å². The molecule has 0 spiro atoms. The number of hydrogen-bond acceptors (Lipinski definition) is 4. The number of hydrazine groups is 1. The molecule has 8 nitrogen and oxygen atoms in total. The van der Waals surface area contributed by atoms with Gasteiger partial charge < -0.3 is 10.6 Å². The molecule has 1 aliphatic rings. The number of likely N-dealkylation sites (N-methyl/N-ethyl adjacent to an activating group) is 1. The molecular formula is C8H16N6O2. The zero-order valence-electron chi connectivity index (χ0n) is 9.38. The Kier molecular flexibility index (Phi) is 4.06. The summed E-state index contributed by atoms with van der Waals surface area (Å²) < 4.78 is 0. The lowest BCUT2D eigenvalue weighted by molar-refractivity contribution is 0.199. The predicted molar refractivity (Wildman–Crippen MR) is 58.6 cm³/mol. The molecule has 8 heteroatoms. The predicted octanol–water partition coefficient (Wildman–Crippen LogP) is -1.15. The van der Waals surface area contributed by atoms with Crippen LogP contribution in [0.5, 0.6) is 0 Å². The third kappa shape index (κ3) is 3.39. The van der Waals surface area contributed by atoms with E-state index in [1.165, 1.54) is 16.2 Å². The number of nitrogens with two attached hydrogens (primary N) is 1. The van der Waals surface area contributed by atoms with Crippen LogP contribution in [0.1, 0.15) is 0 Å². The Morgan fingerprint density at radius 1 is 1.69 bits per heavy atom. The summed E-state index contributed by atoms with van der Waals surface area (Å²) in [5.74, 6) is 0. The molecule has 1 rings (SSSR count). The first kappa shape index (κ1) is 12.2. The normalized spacial score (nSPS) is 16.6. The molecule has 0 saturated carbocycles. The van der Waals surface area contributed by atoms with Crippen LogP contribution in [-0.4, -0.2) is 66.9 Å². The van der Waals surface area contributed by atoms with E-state index in [1.807, 2.05) is 0 Å². The van der Waals surface area contributed by atoms with E-state index in [4.69, 9.17) is 5.73 Å². The molecule has 1 fully saturated rings. The van der Waals surface area contributed by atoms with E-state index in [1.54, 1.807) is 19.0 Å². The van der Waals surface area contributed by atoms with Crippen LogP contribution in [0.3, 0.4) is 0 Å². The van der Waals surface area contributed by atoms with Crippen molar-refractivity contribution in [3.8, 4) is 0 Å². The Hall–Kier alpha value is -1.83. The monoisotopic (exact) mass is 228 g/mol. The third-order valence-electron chi connectivity index (χ3n) is 2.07. The summed E-state index contributed by atoms with van der Waals surface area (Å²) in [6.45, 7) is 1.63. The molecule has 90 valence electrons. The van der Waals surface area contributed by atoms with Crippen LogP contribution >= 0.6 is 0 Å². The summed E-state index contributed by atoms with van der Waals surface area (Å²) in [4.78, 5) is 23.5. The molecule has 3 N–H and O–H groups in total. The van der Waals surface area contributed by atoms with Crippen molar-refractivity contribution in [2.24, 2.45) is 10.8 Å². The lowest BCUT2D eigenvalue weighted by atomic mass is 10.6. The summed E-state index contributed by atoms with van der Waals surface area (Å²) in [7, 11) is 3.37. The van der Waals surface area contributed by atoms with Gasteiger partial charge in [-0.05, 0) is 0 Å². The van der Waals surface area contributed by atoms with Crippen molar-refractivity contribution in [2.75, 3.05) is 33.7 Å². The van der Waals surface area contributed by atoms with Gasteiger partial charge in [0.1, 0.15) is 0 Å². The third-order valence-corrected chi connectivity index (χ3v) is 2.07. The number of rotatable bonds is 4. The van der Waals surface area contributed by atoms with Crippen molar-refractivity contribution in [1.29, 1.82) is 0 Å². The summed E-state index contributed by atoms with van der Waals surface area (Å²) >= 11 is 0. The van der Waals surface area contributed by atoms with Crippen LogP contribution in [0.4, 0.5) is 9.59 Å². The number of nitrogens with one attached hydrogen (secondary N) is 1. The van der Waals surface area contributed by atoms with E-state index < -0.39 is 6.03 Å². The lowest BCUT2D eigenvalue weighted by Crippen LogP contribution is -2.43. The zero-order chi connectivity index (χ0) is 12.1. The summed E-state index contributed by atoms with van der Waals surface area (Å²) in [5.41, 5.74) is 7.28. The minimum absolute atomic E-state index is 0.123. The van der Waals surface area contributed by atoms with Gasteiger partial charge in [-0.1, -0.05) is 0 Å². The zero-order valence-corrected chi connectivity index (χ0v) is 9.38. The van der Waals surface area contributed by atoms with Gasteiger partial charge in [0.05, 0.1) is 13.1 Å². The van der Waals surface area contributed by atoms with Crippen molar-refractivity contribution in [3.05, 3.63) is 0 Å². The quantitative estimate of drug-likeness (QED) is 0.470. The Balaban J connectivity index is 2.32. The highest BCUT2D eigenvalue weighted by Gasteiger charge is 2.24. The fourth-order valence-corrected chi connectivity index (χ4v) is 1.23. The summed E-state index contributed by atoms with van der Waals surface area (Å²) in [5, 5.41) is 6.83. The molecule has 0 aromatic carbocycles. The first-order valence-corrected chi connectivity index (χ1v) is 4.83. The van der Waals surface area contributed by atoms with Crippen molar-refractivity contribution >= 4 is 18.3 Å². The Morgan fingerprint density at radius 3 is 2.88 bits per heavy atom. The Bertz CT molecular complexity index is 305. The molecule has 0 atom stereocenters. The molecule has 1 heterocycles. The first-order valence-electron chi connectivity index (χ1n) is 4.83. The number of urea groups is 2. The molecule has 1 aliphatic heterocycles. The average Bonchev–Trinajstić information content (AvgIpc) is 2.48. The Labute approximate surface area is 93.6 Å². The lowest BCUT2D eigenvalue weighted by Gasteiger charge is -2.14. The summed E-state index contributed by atoms with van der Waals surface area (Å²) in [6.07, 6.45) is 1.53. The van der Waals surface area contributed by atoms with E-state index in [2.05, 4.69) is 10.5 Å². The van der Waals surface area contributed by atoms with Crippen LogP contribution in [0.2, 0.25) is 0 Å². The number of amides is 4. The topological polar surface area (TPSA) is 94.3 Å². The molecule has 0 bridgehead atoms. The van der Waals surface area contributed by atoms with Crippen molar-refractivity contribution < 1.29 is 9.59 Å². The highest BCUT2D eigenvalue weighted by atomic mass is 16.2. The molecule has 1 saturated heterocycles. The van der Waals surface area contributed by atoms with Gasteiger partial charge in [0.15, 0.2) is 0 Å². The van der Waals surface area contributed by atoms with Gasteiger partial charge in [0.25, 0.3) is 0 Å². The smallest absolute Gasteiger partial charge is 0.340 e. The molecule has 4 amide bonds. The summed E-state index contributed by atoms with van der Waals surface area (Å²) in [6, 6.07) is -0.755. The number of hydrogen-bond donors (Lipinski definition) is 2. The number of carbonyl (C=O) groups excluding carboxylic acids is 2. The number of carbonyl (C=O) groups is 2. The number of nitrogens with zero attached hydrogens (tertiary/aromatic N) is 4. The highest BCUT2D eigenvalue weighted by Crippen LogP contribution is 2.04. The van der Waals surface area contributed by atoms with Crippen LogP contribution in [-0.2, 0) is 0 Å². The maximum absolute atomic E-state index is 11.4. The van der Waals surface area contributed by atoms with E-state index in [-0.39, 0.29) is 6.03 Å². The largest absolute Gasteiger partial charge is 0.351 e. The minimum Gasteiger partial charge on any atom is -0.351 e. The second-order valence-corrected chi connectivity index (χ2v) is 3.48. The number of primary amides is 1.